The molecule has 0 aliphatic heterocycles. The molecule has 0 amide bonds. The van der Waals surface area contributed by atoms with Crippen LogP contribution in [0.25, 0.3) is 59.8 Å². The van der Waals surface area contributed by atoms with Gasteiger partial charge in [0.05, 0.1) is 6.04 Å². The van der Waals surface area contributed by atoms with Gasteiger partial charge in [0.25, 0.3) is 0 Å². The van der Waals surface area contributed by atoms with Crippen molar-refractivity contribution in [2.45, 2.75) is 38.6 Å². The molecule has 0 bridgehead atoms. The van der Waals surface area contributed by atoms with Crippen LogP contribution >= 0.6 is 11.3 Å². The molecule has 3 nitrogen and oxygen atoms in total. The Morgan fingerprint density at radius 1 is 0.913 bits per heavy atom. The lowest BCUT2D eigenvalue weighted by molar-refractivity contribution is 0.662. The van der Waals surface area contributed by atoms with E-state index in [4.69, 9.17) is 10.7 Å². The van der Waals surface area contributed by atoms with E-state index < -0.39 is 0 Å². The van der Waals surface area contributed by atoms with Crippen molar-refractivity contribution in [2.24, 2.45) is 17.8 Å². The molecule has 226 valence electrons. The number of thiophene rings is 1. The maximum Gasteiger partial charge on any atom is 0.118 e. The first kappa shape index (κ1) is 28.5. The van der Waals surface area contributed by atoms with E-state index in [-0.39, 0.29) is 11.5 Å². The second-order valence-electron chi connectivity index (χ2n) is 13.0. The Bertz CT molecular complexity index is 2300. The molecule has 1 atom stereocenters. The zero-order valence-corrected chi connectivity index (χ0v) is 27.5. The molecule has 0 saturated carbocycles. The number of nitrogens with zero attached hydrogens (tertiary/aromatic N) is 2. The van der Waals surface area contributed by atoms with Crippen LogP contribution in [0, 0.1) is 6.92 Å². The summed E-state index contributed by atoms with van der Waals surface area (Å²) < 4.78 is 3.60. The van der Waals surface area contributed by atoms with Gasteiger partial charge in [-0.2, -0.15) is 0 Å². The smallest absolute Gasteiger partial charge is 0.118 e. The summed E-state index contributed by atoms with van der Waals surface area (Å²) in [7, 11) is 2.18. The monoisotopic (exact) mass is 615 g/mol. The zero-order chi connectivity index (χ0) is 31.6. The Hall–Kier alpha value is -4.93. The molecule has 1 unspecified atom stereocenters. The Kier molecular flexibility index (Phi) is 6.73. The van der Waals surface area contributed by atoms with Gasteiger partial charge in [0.1, 0.15) is 5.84 Å². The second kappa shape index (κ2) is 10.9. The number of rotatable bonds is 5. The minimum Gasteiger partial charge on any atom is -0.384 e. The van der Waals surface area contributed by atoms with Crippen LogP contribution in [0.3, 0.4) is 0 Å². The molecule has 2 aliphatic carbocycles. The summed E-state index contributed by atoms with van der Waals surface area (Å²) in [6.07, 6.45) is 13.4. The Morgan fingerprint density at radius 3 is 2.54 bits per heavy atom. The molecule has 0 radical (unpaired) electrons. The largest absolute Gasteiger partial charge is 0.384 e. The van der Waals surface area contributed by atoms with E-state index in [0.717, 1.165) is 6.42 Å². The van der Waals surface area contributed by atoms with Gasteiger partial charge in [0, 0.05) is 55.1 Å². The number of amidine groups is 1. The molecule has 6 aromatic rings. The predicted molar refractivity (Wildman–Crippen MR) is 199 cm³/mol. The first-order valence-corrected chi connectivity index (χ1v) is 16.8. The second-order valence-corrected chi connectivity index (χ2v) is 14.0. The first-order valence-electron chi connectivity index (χ1n) is 16.0. The highest BCUT2D eigenvalue weighted by molar-refractivity contribution is 7.22. The van der Waals surface area contributed by atoms with E-state index in [1.807, 2.05) is 23.5 Å². The molecule has 2 N–H and O–H groups in total. The average molecular weight is 616 g/mol. The fourth-order valence-corrected chi connectivity index (χ4v) is 8.90. The van der Waals surface area contributed by atoms with Crippen LogP contribution in [0.2, 0.25) is 0 Å². The van der Waals surface area contributed by atoms with E-state index in [9.17, 15) is 0 Å². The van der Waals surface area contributed by atoms with Gasteiger partial charge in [0.15, 0.2) is 0 Å². The summed E-state index contributed by atoms with van der Waals surface area (Å²) >= 11 is 1.85. The number of hydrogen-bond donors (Lipinski definition) is 1. The number of aliphatic imine (C=N–C) groups is 1. The van der Waals surface area contributed by atoms with Crippen LogP contribution in [0.5, 0.6) is 0 Å². The minimum atomic E-state index is -0.0818. The molecule has 4 heteroatoms. The van der Waals surface area contributed by atoms with Crippen molar-refractivity contribution in [1.82, 2.24) is 4.57 Å². The fraction of sp³-hybridized carbons (Fsp3) is 0.167. The van der Waals surface area contributed by atoms with Gasteiger partial charge < -0.3 is 10.3 Å². The van der Waals surface area contributed by atoms with Crippen molar-refractivity contribution in [3.8, 4) is 32.7 Å². The highest BCUT2D eigenvalue weighted by Crippen LogP contribution is 2.52. The highest BCUT2D eigenvalue weighted by atomic mass is 32.1. The van der Waals surface area contributed by atoms with Crippen LogP contribution in [-0.4, -0.2) is 16.4 Å². The third-order valence-corrected chi connectivity index (χ3v) is 11.1. The number of aryl methyl sites for hydroxylation is 1. The average Bonchev–Trinajstić information content (AvgIpc) is 3.65. The van der Waals surface area contributed by atoms with Crippen molar-refractivity contribution in [3.63, 3.8) is 0 Å². The summed E-state index contributed by atoms with van der Waals surface area (Å²) in [5.74, 6) is 0.546. The van der Waals surface area contributed by atoms with Gasteiger partial charge >= 0.3 is 0 Å². The molecule has 2 aromatic heterocycles. The Labute approximate surface area is 274 Å². The summed E-state index contributed by atoms with van der Waals surface area (Å²) in [5.41, 5.74) is 19.4. The number of fused-ring (bicyclic) bond motifs is 5. The molecule has 0 fully saturated rings. The lowest BCUT2D eigenvalue weighted by Gasteiger charge is -2.24. The topological polar surface area (TPSA) is 43.3 Å². The Balaban J connectivity index is 1.30. The van der Waals surface area contributed by atoms with Gasteiger partial charge in [-0.1, -0.05) is 105 Å². The number of nitrogens with two attached hydrogens (primary N) is 1. The van der Waals surface area contributed by atoms with E-state index in [1.54, 1.807) is 0 Å². The third-order valence-electron chi connectivity index (χ3n) is 9.94. The molecule has 8 rings (SSSR count). The van der Waals surface area contributed by atoms with Crippen LogP contribution < -0.4 is 5.73 Å². The summed E-state index contributed by atoms with van der Waals surface area (Å²) in [6.45, 7) is 6.97. The van der Waals surface area contributed by atoms with Crippen molar-refractivity contribution in [1.29, 1.82) is 0 Å². The summed E-state index contributed by atoms with van der Waals surface area (Å²) in [6, 6.07) is 31.5. The van der Waals surface area contributed by atoms with Gasteiger partial charge in [-0.3, -0.25) is 4.99 Å². The van der Waals surface area contributed by atoms with Crippen LogP contribution in [-0.2, 0) is 12.5 Å². The van der Waals surface area contributed by atoms with Crippen molar-refractivity contribution < 1.29 is 0 Å². The third kappa shape index (κ3) is 4.43. The number of hydrogen-bond acceptors (Lipinski definition) is 2. The normalized spacial score (nSPS) is 17.0. The molecule has 4 aromatic carbocycles. The Morgan fingerprint density at radius 2 is 1.70 bits per heavy atom. The lowest BCUT2D eigenvalue weighted by Crippen LogP contribution is -2.16. The number of benzene rings is 4. The molecule has 2 aliphatic rings. The molecule has 0 saturated heterocycles. The molecule has 46 heavy (non-hydrogen) atoms. The quantitative estimate of drug-likeness (QED) is 0.152. The van der Waals surface area contributed by atoms with Gasteiger partial charge in [0.2, 0.25) is 0 Å². The molecular formula is C42H37N3S. The lowest BCUT2D eigenvalue weighted by atomic mass is 9.79. The number of allylic oxidation sites excluding steroid dienone is 2. The minimum absolute atomic E-state index is 0.0818. The van der Waals surface area contributed by atoms with E-state index in [1.165, 1.54) is 76.1 Å². The van der Waals surface area contributed by atoms with E-state index >= 15 is 0 Å². The predicted octanol–water partition coefficient (Wildman–Crippen LogP) is 10.6. The van der Waals surface area contributed by atoms with Gasteiger partial charge in [-0.25, -0.2) is 0 Å². The highest BCUT2D eigenvalue weighted by Gasteiger charge is 2.37. The first-order chi connectivity index (χ1) is 22.3. The fourth-order valence-electron chi connectivity index (χ4n) is 7.60. The molecule has 2 heterocycles. The SMILES string of the molecule is Cc1c(-c2sc3ccccc3c2C=CC(N)=NC2C=CC=CC2)c2cc(-c3cccc4c3C(C)(C)c3ccccc3-4)ccc2n1C. The van der Waals surface area contributed by atoms with E-state index in [0.29, 0.717) is 5.84 Å². The van der Waals surface area contributed by atoms with Crippen molar-refractivity contribution in [2.75, 3.05) is 0 Å². The standard InChI is InChI=1S/C42H37N3S/c1-26-39(41-33(31-16-9-11-20-37(31)46-41)22-24-38(43)44-28-13-6-5-7-14-28)34-25-27(21-23-36(34)45(26)4)29-17-12-18-32-30-15-8-10-19-35(30)42(2,3)40(29)32/h5-13,15-25,28H,14H2,1-4H3,(H2,43,44). The van der Waals surface area contributed by atoms with Crippen LogP contribution in [0.1, 0.15) is 42.7 Å². The zero-order valence-electron chi connectivity index (χ0n) is 26.7. The number of aromatic nitrogens is 1. The van der Waals surface area contributed by atoms with Crippen molar-refractivity contribution >= 4 is 44.2 Å². The van der Waals surface area contributed by atoms with Crippen LogP contribution in [0.15, 0.2) is 120 Å². The van der Waals surface area contributed by atoms with Crippen molar-refractivity contribution in [3.05, 3.63) is 138 Å². The maximum atomic E-state index is 6.47. The summed E-state index contributed by atoms with van der Waals surface area (Å²) in [5, 5.41) is 2.50. The van der Waals surface area contributed by atoms with Gasteiger partial charge in [-0.05, 0) is 77.1 Å². The maximum absolute atomic E-state index is 6.47. The van der Waals surface area contributed by atoms with Crippen LogP contribution in [0.4, 0.5) is 0 Å². The molecular weight excluding hydrogens is 579 g/mol. The van der Waals surface area contributed by atoms with Gasteiger partial charge in [-0.15, -0.1) is 11.3 Å². The van der Waals surface area contributed by atoms with E-state index in [2.05, 4.69) is 142 Å². The summed E-state index contributed by atoms with van der Waals surface area (Å²) in [4.78, 5) is 6.02. The molecule has 0 spiro atoms.